The number of piperidine rings is 1. The molecule has 3 nitrogen and oxygen atoms in total. The Morgan fingerprint density at radius 2 is 1.67 bits per heavy atom. The zero-order valence-electron chi connectivity index (χ0n) is 12.5. The second-order valence-corrected chi connectivity index (χ2v) is 6.41. The molecule has 0 aliphatic carbocycles. The maximum atomic E-state index is 3.46. The molecule has 106 valence electrons. The van der Waals surface area contributed by atoms with Crippen LogP contribution in [0.5, 0.6) is 0 Å². The van der Waals surface area contributed by atoms with Gasteiger partial charge in [-0.15, -0.1) is 0 Å². The summed E-state index contributed by atoms with van der Waals surface area (Å²) in [5.74, 6) is 0.728. The van der Waals surface area contributed by atoms with Crippen molar-refractivity contribution in [1.29, 1.82) is 0 Å². The highest BCUT2D eigenvalue weighted by atomic mass is 15.2. The van der Waals surface area contributed by atoms with Crippen molar-refractivity contribution in [2.24, 2.45) is 5.92 Å². The molecule has 2 rings (SSSR count). The highest BCUT2D eigenvalue weighted by molar-refractivity contribution is 4.84. The summed E-state index contributed by atoms with van der Waals surface area (Å²) in [5.41, 5.74) is 0. The zero-order valence-corrected chi connectivity index (χ0v) is 12.5. The van der Waals surface area contributed by atoms with Gasteiger partial charge in [-0.2, -0.15) is 0 Å². The van der Waals surface area contributed by atoms with Crippen molar-refractivity contribution in [1.82, 2.24) is 15.1 Å². The third-order valence-electron chi connectivity index (χ3n) is 4.84. The topological polar surface area (TPSA) is 18.5 Å². The van der Waals surface area contributed by atoms with E-state index in [0.29, 0.717) is 6.04 Å². The van der Waals surface area contributed by atoms with Gasteiger partial charge in [-0.1, -0.05) is 13.8 Å². The first-order valence-electron chi connectivity index (χ1n) is 7.84. The molecular weight excluding hydrogens is 222 g/mol. The fraction of sp³-hybridized carbons (Fsp3) is 1.00. The van der Waals surface area contributed by atoms with Crippen LogP contribution in [-0.4, -0.2) is 61.7 Å². The minimum Gasteiger partial charge on any atom is -0.315 e. The van der Waals surface area contributed by atoms with Crippen LogP contribution < -0.4 is 5.32 Å². The molecular formula is C15H31N3. The van der Waals surface area contributed by atoms with Crippen molar-refractivity contribution in [3.05, 3.63) is 0 Å². The summed E-state index contributed by atoms with van der Waals surface area (Å²) in [6, 6.07) is 1.53. The van der Waals surface area contributed by atoms with Gasteiger partial charge in [0.2, 0.25) is 0 Å². The van der Waals surface area contributed by atoms with Crippen LogP contribution in [0.2, 0.25) is 0 Å². The van der Waals surface area contributed by atoms with E-state index in [1.54, 1.807) is 0 Å². The van der Waals surface area contributed by atoms with E-state index in [2.05, 4.69) is 36.0 Å². The first-order chi connectivity index (χ1) is 8.70. The van der Waals surface area contributed by atoms with Crippen LogP contribution in [0.3, 0.4) is 0 Å². The van der Waals surface area contributed by atoms with Crippen LogP contribution in [0.4, 0.5) is 0 Å². The van der Waals surface area contributed by atoms with E-state index in [9.17, 15) is 0 Å². The van der Waals surface area contributed by atoms with Gasteiger partial charge in [0.25, 0.3) is 0 Å². The molecule has 0 saturated carbocycles. The third-order valence-corrected chi connectivity index (χ3v) is 4.84. The van der Waals surface area contributed by atoms with Crippen LogP contribution in [0, 0.1) is 5.92 Å². The highest BCUT2D eigenvalue weighted by Gasteiger charge is 2.27. The largest absolute Gasteiger partial charge is 0.315 e. The monoisotopic (exact) mass is 253 g/mol. The summed E-state index contributed by atoms with van der Waals surface area (Å²) in [6.45, 7) is 11.2. The molecule has 18 heavy (non-hydrogen) atoms. The lowest BCUT2D eigenvalue weighted by Gasteiger charge is -2.38. The van der Waals surface area contributed by atoms with Gasteiger partial charge >= 0.3 is 0 Å². The average Bonchev–Trinajstić information content (AvgIpc) is 2.90. The maximum Gasteiger partial charge on any atom is 0.0214 e. The lowest BCUT2D eigenvalue weighted by Crippen LogP contribution is -2.49. The van der Waals surface area contributed by atoms with Crippen LogP contribution in [0.25, 0.3) is 0 Å². The number of rotatable bonds is 5. The molecule has 0 aromatic carbocycles. The standard InChI is InChI=1S/C15H31N3/c1-13(2)15(16-3)12-17-10-6-14(7-11-17)18-8-4-5-9-18/h13-16H,4-12H2,1-3H3. The molecule has 2 saturated heterocycles. The SMILES string of the molecule is CNC(CN1CCC(N2CCCC2)CC1)C(C)C. The van der Waals surface area contributed by atoms with Gasteiger partial charge in [0.05, 0.1) is 0 Å². The molecule has 2 fully saturated rings. The van der Waals surface area contributed by atoms with Gasteiger partial charge in [-0.25, -0.2) is 0 Å². The van der Waals surface area contributed by atoms with Crippen LogP contribution in [0.1, 0.15) is 39.5 Å². The van der Waals surface area contributed by atoms with Gasteiger partial charge in [-0.05, 0) is 64.8 Å². The minimum absolute atomic E-state index is 0.647. The van der Waals surface area contributed by atoms with Crippen molar-refractivity contribution < 1.29 is 0 Å². The summed E-state index contributed by atoms with van der Waals surface area (Å²) in [4.78, 5) is 5.39. The molecule has 2 aliphatic heterocycles. The molecule has 2 aliphatic rings. The van der Waals surface area contributed by atoms with Crippen LogP contribution >= 0.6 is 0 Å². The van der Waals surface area contributed by atoms with E-state index in [1.807, 2.05) is 0 Å². The second-order valence-electron chi connectivity index (χ2n) is 6.41. The van der Waals surface area contributed by atoms with E-state index in [4.69, 9.17) is 0 Å². The smallest absolute Gasteiger partial charge is 0.0214 e. The van der Waals surface area contributed by atoms with Crippen molar-refractivity contribution in [3.8, 4) is 0 Å². The number of hydrogen-bond donors (Lipinski definition) is 1. The van der Waals surface area contributed by atoms with Crippen LogP contribution in [0.15, 0.2) is 0 Å². The number of likely N-dealkylation sites (tertiary alicyclic amines) is 2. The van der Waals surface area contributed by atoms with Crippen LogP contribution in [-0.2, 0) is 0 Å². The molecule has 1 unspecified atom stereocenters. The first kappa shape index (κ1) is 14.3. The number of hydrogen-bond acceptors (Lipinski definition) is 3. The summed E-state index contributed by atoms with van der Waals surface area (Å²) in [7, 11) is 2.10. The molecule has 0 spiro atoms. The molecule has 2 heterocycles. The predicted molar refractivity (Wildman–Crippen MR) is 78.0 cm³/mol. The number of nitrogens with zero attached hydrogens (tertiary/aromatic N) is 2. The van der Waals surface area contributed by atoms with E-state index < -0.39 is 0 Å². The van der Waals surface area contributed by atoms with Crippen molar-refractivity contribution in [3.63, 3.8) is 0 Å². The Balaban J connectivity index is 1.72. The van der Waals surface area contributed by atoms with Crippen molar-refractivity contribution >= 4 is 0 Å². The molecule has 1 N–H and O–H groups in total. The van der Waals surface area contributed by atoms with Gasteiger partial charge in [-0.3, -0.25) is 0 Å². The fourth-order valence-corrected chi connectivity index (χ4v) is 3.49. The normalized spacial score (nSPS) is 26.0. The Morgan fingerprint density at radius 1 is 1.06 bits per heavy atom. The fourth-order valence-electron chi connectivity index (χ4n) is 3.49. The molecule has 0 aromatic heterocycles. The number of likely N-dealkylation sites (N-methyl/N-ethyl adjacent to an activating group) is 1. The second kappa shape index (κ2) is 6.88. The Labute approximate surface area is 113 Å². The summed E-state index contributed by atoms with van der Waals surface area (Å²) < 4.78 is 0. The minimum atomic E-state index is 0.647. The molecule has 0 radical (unpaired) electrons. The summed E-state index contributed by atoms with van der Waals surface area (Å²) >= 11 is 0. The Morgan fingerprint density at radius 3 is 2.17 bits per heavy atom. The van der Waals surface area contributed by atoms with E-state index >= 15 is 0 Å². The lowest BCUT2D eigenvalue weighted by molar-refractivity contribution is 0.115. The Kier molecular flexibility index (Phi) is 5.46. The van der Waals surface area contributed by atoms with Gasteiger partial charge in [0, 0.05) is 18.6 Å². The average molecular weight is 253 g/mol. The molecule has 0 amide bonds. The van der Waals surface area contributed by atoms with E-state index in [1.165, 1.54) is 58.4 Å². The first-order valence-corrected chi connectivity index (χ1v) is 7.84. The third kappa shape index (κ3) is 3.69. The van der Waals surface area contributed by atoms with E-state index in [-0.39, 0.29) is 0 Å². The zero-order chi connectivity index (χ0) is 13.0. The summed E-state index contributed by atoms with van der Waals surface area (Å²) in [6.07, 6.45) is 5.62. The molecule has 1 atom stereocenters. The highest BCUT2D eigenvalue weighted by Crippen LogP contribution is 2.21. The summed E-state index contributed by atoms with van der Waals surface area (Å²) in [5, 5.41) is 3.46. The lowest BCUT2D eigenvalue weighted by atomic mass is 10.00. The van der Waals surface area contributed by atoms with Crippen molar-refractivity contribution in [2.75, 3.05) is 39.8 Å². The van der Waals surface area contributed by atoms with Crippen molar-refractivity contribution in [2.45, 2.75) is 51.6 Å². The Hall–Kier alpha value is -0.120. The molecule has 0 bridgehead atoms. The van der Waals surface area contributed by atoms with Gasteiger partial charge in [0.1, 0.15) is 0 Å². The van der Waals surface area contributed by atoms with E-state index in [0.717, 1.165) is 12.0 Å². The molecule has 3 heteroatoms. The number of nitrogens with one attached hydrogen (secondary N) is 1. The predicted octanol–water partition coefficient (Wildman–Crippen LogP) is 1.79. The van der Waals surface area contributed by atoms with Gasteiger partial charge in [0.15, 0.2) is 0 Å². The molecule has 0 aromatic rings. The van der Waals surface area contributed by atoms with Gasteiger partial charge < -0.3 is 15.1 Å². The Bertz CT molecular complexity index is 228. The quantitative estimate of drug-likeness (QED) is 0.806. The maximum absolute atomic E-state index is 3.46.